The predicted molar refractivity (Wildman–Crippen MR) is 71.9 cm³/mol. The lowest BCUT2D eigenvalue weighted by molar-refractivity contribution is -0.137. The summed E-state index contributed by atoms with van der Waals surface area (Å²) in [6.45, 7) is 0. The maximum absolute atomic E-state index is 11.4. The van der Waals surface area contributed by atoms with Gasteiger partial charge in [-0.25, -0.2) is 0 Å². The molecule has 1 unspecified atom stereocenters. The van der Waals surface area contributed by atoms with Crippen molar-refractivity contribution in [2.45, 2.75) is 10.8 Å². The first-order valence-electron chi connectivity index (χ1n) is 5.49. The van der Waals surface area contributed by atoms with Gasteiger partial charge < -0.3 is 5.11 Å². The second kappa shape index (κ2) is 5.69. The van der Waals surface area contributed by atoms with Gasteiger partial charge in [-0.15, -0.1) is 11.8 Å². The molecule has 0 saturated carbocycles. The van der Waals surface area contributed by atoms with Crippen molar-refractivity contribution in [1.29, 1.82) is 0 Å². The maximum Gasteiger partial charge on any atom is 0.315 e. The van der Waals surface area contributed by atoms with E-state index in [0.29, 0.717) is 0 Å². The molecule has 4 heteroatoms. The van der Waals surface area contributed by atoms with E-state index < -0.39 is 11.9 Å². The fourth-order valence-corrected chi connectivity index (χ4v) is 2.24. The van der Waals surface area contributed by atoms with Gasteiger partial charge in [0, 0.05) is 17.3 Å². The van der Waals surface area contributed by atoms with Crippen LogP contribution in [-0.4, -0.2) is 22.3 Å². The van der Waals surface area contributed by atoms with Crippen LogP contribution < -0.4 is 0 Å². The summed E-state index contributed by atoms with van der Waals surface area (Å²) in [6.07, 6.45) is 5.22. The summed E-state index contributed by atoms with van der Waals surface area (Å²) in [6, 6.07) is 11.1. The first-order chi connectivity index (χ1) is 8.72. The SMILES string of the molecule is CSc1ccc(C(C(=O)O)c2ccncc2)cc1. The minimum atomic E-state index is -0.849. The summed E-state index contributed by atoms with van der Waals surface area (Å²) in [7, 11) is 0. The Morgan fingerprint density at radius 2 is 1.67 bits per heavy atom. The number of carbonyl (C=O) groups is 1. The molecule has 1 N–H and O–H groups in total. The van der Waals surface area contributed by atoms with Crippen LogP contribution in [0.25, 0.3) is 0 Å². The first-order valence-corrected chi connectivity index (χ1v) is 6.71. The summed E-state index contributed by atoms with van der Waals surface area (Å²) < 4.78 is 0. The van der Waals surface area contributed by atoms with Crippen LogP contribution in [0.2, 0.25) is 0 Å². The summed E-state index contributed by atoms with van der Waals surface area (Å²) in [4.78, 5) is 16.5. The Labute approximate surface area is 110 Å². The molecule has 0 aliphatic carbocycles. The van der Waals surface area contributed by atoms with Gasteiger partial charge >= 0.3 is 5.97 Å². The van der Waals surface area contributed by atoms with E-state index in [0.717, 1.165) is 16.0 Å². The third-order valence-electron chi connectivity index (χ3n) is 2.74. The zero-order valence-electron chi connectivity index (χ0n) is 9.91. The second-order valence-electron chi connectivity index (χ2n) is 3.82. The van der Waals surface area contributed by atoms with Gasteiger partial charge in [-0.2, -0.15) is 0 Å². The number of pyridine rings is 1. The van der Waals surface area contributed by atoms with Crippen LogP contribution in [0.5, 0.6) is 0 Å². The Kier molecular flexibility index (Phi) is 3.99. The molecule has 1 heterocycles. The third-order valence-corrected chi connectivity index (χ3v) is 3.48. The molecule has 0 amide bonds. The van der Waals surface area contributed by atoms with E-state index in [1.54, 1.807) is 36.3 Å². The van der Waals surface area contributed by atoms with Crippen molar-refractivity contribution in [2.24, 2.45) is 0 Å². The molecule has 0 spiro atoms. The van der Waals surface area contributed by atoms with E-state index in [-0.39, 0.29) is 0 Å². The van der Waals surface area contributed by atoms with Crippen LogP contribution in [0.4, 0.5) is 0 Å². The normalized spacial score (nSPS) is 12.1. The fourth-order valence-electron chi connectivity index (χ4n) is 1.83. The minimum absolute atomic E-state index is 0.635. The highest BCUT2D eigenvalue weighted by Gasteiger charge is 2.21. The van der Waals surface area contributed by atoms with Crippen LogP contribution in [0.15, 0.2) is 53.7 Å². The number of aromatic nitrogens is 1. The zero-order valence-corrected chi connectivity index (χ0v) is 10.7. The molecule has 18 heavy (non-hydrogen) atoms. The predicted octanol–water partition coefficient (Wildman–Crippen LogP) is 3.02. The number of carboxylic acid groups (broad SMARTS) is 1. The van der Waals surface area contributed by atoms with Gasteiger partial charge in [-0.05, 0) is 41.6 Å². The number of nitrogens with zero attached hydrogens (tertiary/aromatic N) is 1. The molecule has 1 aromatic carbocycles. The molecule has 0 radical (unpaired) electrons. The molecule has 1 aromatic heterocycles. The number of benzene rings is 1. The lowest BCUT2D eigenvalue weighted by Gasteiger charge is -2.13. The molecule has 2 rings (SSSR count). The van der Waals surface area contributed by atoms with E-state index >= 15 is 0 Å². The number of carboxylic acids is 1. The topological polar surface area (TPSA) is 50.2 Å². The first kappa shape index (κ1) is 12.6. The molecule has 0 aliphatic rings. The Morgan fingerprint density at radius 1 is 1.11 bits per heavy atom. The van der Waals surface area contributed by atoms with Crippen molar-refractivity contribution in [3.63, 3.8) is 0 Å². The number of thioether (sulfide) groups is 1. The van der Waals surface area contributed by atoms with Crippen LogP contribution in [0, 0.1) is 0 Å². The van der Waals surface area contributed by atoms with E-state index in [1.165, 1.54) is 0 Å². The summed E-state index contributed by atoms with van der Waals surface area (Å²) in [5.41, 5.74) is 1.53. The van der Waals surface area contributed by atoms with E-state index in [9.17, 15) is 9.90 Å². The Hall–Kier alpha value is -1.81. The minimum Gasteiger partial charge on any atom is -0.481 e. The highest BCUT2D eigenvalue weighted by atomic mass is 32.2. The Balaban J connectivity index is 2.39. The summed E-state index contributed by atoms with van der Waals surface area (Å²) in [5, 5.41) is 9.38. The Bertz CT molecular complexity index is 525. The van der Waals surface area contributed by atoms with Crippen molar-refractivity contribution in [3.8, 4) is 0 Å². The molecular weight excluding hydrogens is 246 g/mol. The standard InChI is InChI=1S/C14H13NO2S/c1-18-12-4-2-10(3-5-12)13(14(16)17)11-6-8-15-9-7-11/h2-9,13H,1H3,(H,16,17). The molecule has 1 atom stereocenters. The Morgan fingerprint density at radius 3 is 2.17 bits per heavy atom. The van der Waals surface area contributed by atoms with Gasteiger partial charge in [-0.3, -0.25) is 9.78 Å². The molecule has 0 bridgehead atoms. The molecular formula is C14H13NO2S. The lowest BCUT2D eigenvalue weighted by atomic mass is 9.92. The fraction of sp³-hybridized carbons (Fsp3) is 0.143. The largest absolute Gasteiger partial charge is 0.481 e. The van der Waals surface area contributed by atoms with Crippen LogP contribution in [-0.2, 0) is 4.79 Å². The second-order valence-corrected chi connectivity index (χ2v) is 4.70. The van der Waals surface area contributed by atoms with Gasteiger partial charge in [0.1, 0.15) is 5.92 Å². The molecule has 92 valence electrons. The van der Waals surface area contributed by atoms with Crippen molar-refractivity contribution in [3.05, 3.63) is 59.9 Å². The van der Waals surface area contributed by atoms with Gasteiger partial charge in [0.15, 0.2) is 0 Å². The van der Waals surface area contributed by atoms with E-state index in [2.05, 4.69) is 4.98 Å². The zero-order chi connectivity index (χ0) is 13.0. The highest BCUT2D eigenvalue weighted by molar-refractivity contribution is 7.98. The van der Waals surface area contributed by atoms with Gasteiger partial charge in [0.05, 0.1) is 0 Å². The monoisotopic (exact) mass is 259 g/mol. The summed E-state index contributed by atoms with van der Waals surface area (Å²) >= 11 is 1.64. The molecule has 2 aromatic rings. The number of aliphatic carboxylic acids is 1. The molecule has 0 fully saturated rings. The smallest absolute Gasteiger partial charge is 0.315 e. The number of rotatable bonds is 4. The molecule has 0 saturated heterocycles. The van der Waals surface area contributed by atoms with Gasteiger partial charge in [0.25, 0.3) is 0 Å². The highest BCUT2D eigenvalue weighted by Crippen LogP contribution is 2.26. The van der Waals surface area contributed by atoms with Crippen molar-refractivity contribution in [1.82, 2.24) is 4.98 Å². The van der Waals surface area contributed by atoms with Crippen molar-refractivity contribution < 1.29 is 9.90 Å². The van der Waals surface area contributed by atoms with E-state index in [4.69, 9.17) is 0 Å². The lowest BCUT2D eigenvalue weighted by Crippen LogP contribution is -2.13. The average Bonchev–Trinajstić information content (AvgIpc) is 2.40. The van der Waals surface area contributed by atoms with Crippen LogP contribution in [0.1, 0.15) is 17.0 Å². The van der Waals surface area contributed by atoms with Crippen molar-refractivity contribution >= 4 is 17.7 Å². The van der Waals surface area contributed by atoms with Gasteiger partial charge in [-0.1, -0.05) is 12.1 Å². The maximum atomic E-state index is 11.4. The average molecular weight is 259 g/mol. The number of hydrogen-bond acceptors (Lipinski definition) is 3. The summed E-state index contributed by atoms with van der Waals surface area (Å²) in [5.74, 6) is -1.48. The van der Waals surface area contributed by atoms with Crippen LogP contribution >= 0.6 is 11.8 Å². The van der Waals surface area contributed by atoms with E-state index in [1.807, 2.05) is 30.5 Å². The number of hydrogen-bond donors (Lipinski definition) is 1. The van der Waals surface area contributed by atoms with Gasteiger partial charge in [0.2, 0.25) is 0 Å². The third kappa shape index (κ3) is 2.71. The quantitative estimate of drug-likeness (QED) is 0.857. The van der Waals surface area contributed by atoms with Crippen molar-refractivity contribution in [2.75, 3.05) is 6.26 Å². The van der Waals surface area contributed by atoms with Crippen LogP contribution in [0.3, 0.4) is 0 Å². The molecule has 0 aliphatic heterocycles. The molecule has 3 nitrogen and oxygen atoms in total.